The van der Waals surface area contributed by atoms with Crippen molar-refractivity contribution < 1.29 is 0 Å². The summed E-state index contributed by atoms with van der Waals surface area (Å²) in [5.41, 5.74) is 0.709. The van der Waals surface area contributed by atoms with Crippen molar-refractivity contribution >= 4 is 0 Å². The lowest BCUT2D eigenvalue weighted by Gasteiger charge is -2.51. The SMILES string of the molecule is C=CCN1CC(C)(C)NCC12CCCC2. The molecule has 15 heavy (non-hydrogen) atoms. The lowest BCUT2D eigenvalue weighted by atomic mass is 9.87. The molecule has 0 aromatic rings. The second kappa shape index (κ2) is 3.91. The summed E-state index contributed by atoms with van der Waals surface area (Å²) in [6.45, 7) is 11.8. The van der Waals surface area contributed by atoms with Crippen molar-refractivity contribution in [1.82, 2.24) is 10.2 Å². The Kier molecular flexibility index (Phi) is 2.91. The first-order valence-corrected chi connectivity index (χ1v) is 6.19. The molecule has 86 valence electrons. The summed E-state index contributed by atoms with van der Waals surface area (Å²) in [7, 11) is 0. The molecule has 0 atom stereocenters. The van der Waals surface area contributed by atoms with Gasteiger partial charge in [-0.25, -0.2) is 0 Å². The number of hydrogen-bond donors (Lipinski definition) is 1. The number of nitrogens with one attached hydrogen (secondary N) is 1. The molecule has 2 aliphatic rings. The van der Waals surface area contributed by atoms with Crippen LogP contribution in [0.5, 0.6) is 0 Å². The van der Waals surface area contributed by atoms with Crippen LogP contribution < -0.4 is 5.32 Å². The number of nitrogens with zero attached hydrogens (tertiary/aromatic N) is 1. The van der Waals surface area contributed by atoms with Crippen LogP contribution in [-0.2, 0) is 0 Å². The smallest absolute Gasteiger partial charge is 0.0338 e. The molecule has 1 N–H and O–H groups in total. The number of piperazine rings is 1. The molecule has 0 bridgehead atoms. The van der Waals surface area contributed by atoms with Crippen molar-refractivity contribution in [2.45, 2.75) is 50.6 Å². The van der Waals surface area contributed by atoms with Gasteiger partial charge < -0.3 is 5.32 Å². The van der Waals surface area contributed by atoms with E-state index in [-0.39, 0.29) is 5.54 Å². The highest BCUT2D eigenvalue weighted by Crippen LogP contribution is 2.38. The van der Waals surface area contributed by atoms with E-state index >= 15 is 0 Å². The minimum Gasteiger partial charge on any atom is -0.309 e. The molecule has 0 aromatic carbocycles. The molecule has 2 heteroatoms. The van der Waals surface area contributed by atoms with E-state index in [0.717, 1.165) is 19.6 Å². The Balaban J connectivity index is 2.13. The first-order valence-electron chi connectivity index (χ1n) is 6.19. The zero-order chi connectivity index (χ0) is 10.9. The maximum Gasteiger partial charge on any atom is 0.0338 e. The summed E-state index contributed by atoms with van der Waals surface area (Å²) in [6, 6.07) is 0. The van der Waals surface area contributed by atoms with Crippen molar-refractivity contribution in [1.29, 1.82) is 0 Å². The molecule has 1 spiro atoms. The highest BCUT2D eigenvalue weighted by atomic mass is 15.3. The zero-order valence-electron chi connectivity index (χ0n) is 10.2. The molecule has 0 aromatic heterocycles. The van der Waals surface area contributed by atoms with Crippen molar-refractivity contribution in [2.75, 3.05) is 19.6 Å². The first kappa shape index (κ1) is 11.2. The molecule has 0 amide bonds. The molecular weight excluding hydrogens is 184 g/mol. The van der Waals surface area contributed by atoms with Gasteiger partial charge in [0.05, 0.1) is 0 Å². The number of rotatable bonds is 2. The second-order valence-electron chi connectivity index (χ2n) is 5.84. The Morgan fingerprint density at radius 1 is 1.33 bits per heavy atom. The van der Waals surface area contributed by atoms with E-state index in [4.69, 9.17) is 0 Å². The van der Waals surface area contributed by atoms with Gasteiger partial charge in [0.2, 0.25) is 0 Å². The average Bonchev–Trinajstić information content (AvgIpc) is 2.62. The van der Waals surface area contributed by atoms with Crippen LogP contribution in [0.3, 0.4) is 0 Å². The van der Waals surface area contributed by atoms with Gasteiger partial charge in [0.25, 0.3) is 0 Å². The van der Waals surface area contributed by atoms with Crippen molar-refractivity contribution in [3.63, 3.8) is 0 Å². The molecule has 1 saturated carbocycles. The fourth-order valence-corrected chi connectivity index (χ4v) is 3.16. The minimum atomic E-state index is 0.261. The largest absolute Gasteiger partial charge is 0.309 e. The van der Waals surface area contributed by atoms with Gasteiger partial charge in [-0.3, -0.25) is 4.90 Å². The lowest BCUT2D eigenvalue weighted by Crippen LogP contribution is -2.67. The van der Waals surface area contributed by atoms with Crippen LogP contribution in [-0.4, -0.2) is 35.6 Å². The molecular formula is C13H24N2. The molecule has 1 aliphatic carbocycles. The third kappa shape index (κ3) is 2.11. The van der Waals surface area contributed by atoms with Gasteiger partial charge in [0, 0.05) is 30.7 Å². The van der Waals surface area contributed by atoms with Crippen molar-refractivity contribution in [3.05, 3.63) is 12.7 Å². The Hall–Kier alpha value is -0.340. The van der Waals surface area contributed by atoms with Crippen LogP contribution in [0.25, 0.3) is 0 Å². The van der Waals surface area contributed by atoms with Crippen LogP contribution in [0.4, 0.5) is 0 Å². The maximum atomic E-state index is 3.90. The molecule has 0 unspecified atom stereocenters. The molecule has 1 heterocycles. The summed E-state index contributed by atoms with van der Waals surface area (Å²) in [4.78, 5) is 2.66. The minimum absolute atomic E-state index is 0.261. The van der Waals surface area contributed by atoms with Crippen LogP contribution in [0.1, 0.15) is 39.5 Å². The molecule has 0 radical (unpaired) electrons. The average molecular weight is 208 g/mol. The van der Waals surface area contributed by atoms with E-state index in [1.54, 1.807) is 0 Å². The van der Waals surface area contributed by atoms with E-state index in [9.17, 15) is 0 Å². The van der Waals surface area contributed by atoms with Crippen LogP contribution >= 0.6 is 0 Å². The van der Waals surface area contributed by atoms with Gasteiger partial charge in [-0.05, 0) is 26.7 Å². The molecule has 1 saturated heterocycles. The van der Waals surface area contributed by atoms with Gasteiger partial charge >= 0.3 is 0 Å². The molecule has 1 aliphatic heterocycles. The second-order valence-corrected chi connectivity index (χ2v) is 5.84. The van der Waals surface area contributed by atoms with Crippen LogP contribution in [0.15, 0.2) is 12.7 Å². The van der Waals surface area contributed by atoms with Gasteiger partial charge in [-0.15, -0.1) is 6.58 Å². The maximum absolute atomic E-state index is 3.90. The lowest BCUT2D eigenvalue weighted by molar-refractivity contribution is 0.0291. The predicted octanol–water partition coefficient (Wildman–Crippen LogP) is 2.17. The van der Waals surface area contributed by atoms with Gasteiger partial charge in [0.15, 0.2) is 0 Å². The standard InChI is InChI=1S/C13H24N2/c1-4-9-15-11-12(2,3)14-10-13(15)7-5-6-8-13/h4,14H,1,5-11H2,2-3H3. The highest BCUT2D eigenvalue weighted by molar-refractivity contribution is 5.05. The Morgan fingerprint density at radius 2 is 2.00 bits per heavy atom. The third-order valence-corrected chi connectivity index (χ3v) is 4.04. The van der Waals surface area contributed by atoms with Gasteiger partial charge in [0.1, 0.15) is 0 Å². The summed E-state index contributed by atoms with van der Waals surface area (Å²) in [5.74, 6) is 0. The molecule has 2 fully saturated rings. The Morgan fingerprint density at radius 3 is 2.60 bits per heavy atom. The Labute approximate surface area is 93.7 Å². The summed E-state index contributed by atoms with van der Waals surface area (Å²) >= 11 is 0. The fourth-order valence-electron chi connectivity index (χ4n) is 3.16. The van der Waals surface area contributed by atoms with Crippen molar-refractivity contribution in [3.8, 4) is 0 Å². The zero-order valence-corrected chi connectivity index (χ0v) is 10.2. The highest BCUT2D eigenvalue weighted by Gasteiger charge is 2.44. The fraction of sp³-hybridized carbons (Fsp3) is 0.846. The van der Waals surface area contributed by atoms with Crippen LogP contribution in [0, 0.1) is 0 Å². The molecule has 2 nitrogen and oxygen atoms in total. The van der Waals surface area contributed by atoms with E-state index in [0.29, 0.717) is 5.54 Å². The first-order chi connectivity index (χ1) is 7.08. The van der Waals surface area contributed by atoms with E-state index in [1.165, 1.54) is 25.7 Å². The summed E-state index contributed by atoms with van der Waals surface area (Å²) < 4.78 is 0. The van der Waals surface area contributed by atoms with Crippen LogP contribution in [0.2, 0.25) is 0 Å². The van der Waals surface area contributed by atoms with E-state index < -0.39 is 0 Å². The summed E-state index contributed by atoms with van der Waals surface area (Å²) in [6.07, 6.45) is 7.58. The normalized spacial score (nSPS) is 29.5. The van der Waals surface area contributed by atoms with Crippen molar-refractivity contribution in [2.24, 2.45) is 0 Å². The summed E-state index contributed by atoms with van der Waals surface area (Å²) in [5, 5.41) is 3.70. The van der Waals surface area contributed by atoms with E-state index in [2.05, 4.69) is 36.7 Å². The number of hydrogen-bond acceptors (Lipinski definition) is 2. The predicted molar refractivity (Wildman–Crippen MR) is 65.1 cm³/mol. The Bertz CT molecular complexity index is 239. The van der Waals surface area contributed by atoms with E-state index in [1.807, 2.05) is 0 Å². The quantitative estimate of drug-likeness (QED) is 0.700. The van der Waals surface area contributed by atoms with Gasteiger partial charge in [-0.1, -0.05) is 18.9 Å². The topological polar surface area (TPSA) is 15.3 Å². The molecule has 2 rings (SSSR count). The van der Waals surface area contributed by atoms with Gasteiger partial charge in [-0.2, -0.15) is 0 Å². The third-order valence-electron chi connectivity index (χ3n) is 4.04. The monoisotopic (exact) mass is 208 g/mol.